The van der Waals surface area contributed by atoms with Gasteiger partial charge in [-0.3, -0.25) is 4.79 Å². The quantitative estimate of drug-likeness (QED) is 0.568. The molecule has 2 aromatic heterocycles. The maximum atomic E-state index is 13.8. The van der Waals surface area contributed by atoms with Crippen molar-refractivity contribution in [3.05, 3.63) is 76.1 Å². The van der Waals surface area contributed by atoms with Gasteiger partial charge in [0.2, 0.25) is 0 Å². The van der Waals surface area contributed by atoms with Crippen molar-refractivity contribution in [1.82, 2.24) is 15.2 Å². The molecule has 2 N–H and O–H groups in total. The van der Waals surface area contributed by atoms with Gasteiger partial charge in [0.05, 0.1) is 11.2 Å². The van der Waals surface area contributed by atoms with Gasteiger partial charge < -0.3 is 9.72 Å². The van der Waals surface area contributed by atoms with Gasteiger partial charge in [-0.1, -0.05) is 29.8 Å². The van der Waals surface area contributed by atoms with E-state index in [4.69, 9.17) is 16.3 Å². The van der Waals surface area contributed by atoms with E-state index in [0.29, 0.717) is 11.3 Å². The third kappa shape index (κ3) is 2.77. The first-order valence-corrected chi connectivity index (χ1v) is 7.78. The van der Waals surface area contributed by atoms with E-state index in [1.165, 1.54) is 12.1 Å². The third-order valence-electron chi connectivity index (χ3n) is 3.81. The van der Waals surface area contributed by atoms with E-state index in [-0.39, 0.29) is 16.3 Å². The van der Waals surface area contributed by atoms with Crippen molar-refractivity contribution >= 4 is 22.5 Å². The molecular formula is C18H11ClFN3O2. The Labute approximate surface area is 146 Å². The Morgan fingerprint density at radius 1 is 1.12 bits per heavy atom. The molecule has 0 radical (unpaired) electrons. The summed E-state index contributed by atoms with van der Waals surface area (Å²) in [5.41, 5.74) is 1.89. The van der Waals surface area contributed by atoms with Crippen molar-refractivity contribution in [2.24, 2.45) is 0 Å². The average molecular weight is 356 g/mol. The van der Waals surface area contributed by atoms with Gasteiger partial charge in [0.25, 0.3) is 5.56 Å². The van der Waals surface area contributed by atoms with Crippen LogP contribution in [0.15, 0.2) is 59.7 Å². The molecule has 4 rings (SSSR count). The minimum atomic E-state index is -0.529. The van der Waals surface area contributed by atoms with Gasteiger partial charge >= 0.3 is 0 Å². The zero-order valence-corrected chi connectivity index (χ0v) is 13.5. The average Bonchev–Trinajstić information content (AvgIpc) is 3.04. The predicted octanol–water partition coefficient (Wildman–Crippen LogP) is 4.50. The van der Waals surface area contributed by atoms with Crippen LogP contribution in [-0.2, 0) is 0 Å². The number of hydrogen-bond donors (Lipinski definition) is 2. The molecule has 124 valence electrons. The van der Waals surface area contributed by atoms with Crippen LogP contribution >= 0.6 is 11.6 Å². The van der Waals surface area contributed by atoms with Crippen molar-refractivity contribution in [3.8, 4) is 22.6 Å². The Bertz CT molecular complexity index is 1100. The molecule has 2 heterocycles. The summed E-state index contributed by atoms with van der Waals surface area (Å²) >= 11 is 5.96. The fourth-order valence-corrected chi connectivity index (χ4v) is 2.81. The summed E-state index contributed by atoms with van der Waals surface area (Å²) in [6.07, 6.45) is 3.33. The molecule has 25 heavy (non-hydrogen) atoms. The number of nitrogens with one attached hydrogen (secondary N) is 2. The Balaban J connectivity index is 1.68. The zero-order chi connectivity index (χ0) is 17.4. The largest absolute Gasteiger partial charge is 0.453 e. The predicted molar refractivity (Wildman–Crippen MR) is 93.6 cm³/mol. The van der Waals surface area contributed by atoms with Crippen molar-refractivity contribution in [2.75, 3.05) is 0 Å². The summed E-state index contributed by atoms with van der Waals surface area (Å²) in [5.74, 6) is -0.0928. The van der Waals surface area contributed by atoms with Gasteiger partial charge in [0.1, 0.15) is 11.3 Å². The monoisotopic (exact) mass is 355 g/mol. The van der Waals surface area contributed by atoms with Gasteiger partial charge in [0, 0.05) is 17.1 Å². The SMILES string of the molecule is O=c1[nH]ncc2c(-c3ccc(Oc4c(F)cccc4Cl)cc3)c[nH]c12. The van der Waals surface area contributed by atoms with Gasteiger partial charge in [0.15, 0.2) is 11.6 Å². The lowest BCUT2D eigenvalue weighted by atomic mass is 10.1. The van der Waals surface area contributed by atoms with Gasteiger partial charge in [-0.05, 0) is 29.8 Å². The van der Waals surface area contributed by atoms with E-state index in [2.05, 4.69) is 15.2 Å². The maximum absolute atomic E-state index is 13.8. The van der Waals surface area contributed by atoms with Crippen LogP contribution in [0.25, 0.3) is 22.0 Å². The highest BCUT2D eigenvalue weighted by atomic mass is 35.5. The Hall–Kier alpha value is -3.12. The third-order valence-corrected chi connectivity index (χ3v) is 4.11. The summed E-state index contributed by atoms with van der Waals surface area (Å²) < 4.78 is 19.3. The molecule has 0 spiro atoms. The first-order chi connectivity index (χ1) is 12.1. The van der Waals surface area contributed by atoms with Gasteiger partial charge in [-0.2, -0.15) is 5.10 Å². The summed E-state index contributed by atoms with van der Waals surface area (Å²) in [4.78, 5) is 14.7. The Kier molecular flexibility index (Phi) is 3.74. The fraction of sp³-hybridized carbons (Fsp3) is 0. The number of nitrogens with zero attached hydrogens (tertiary/aromatic N) is 1. The molecule has 7 heteroatoms. The number of benzene rings is 2. The molecule has 0 aliphatic carbocycles. The van der Waals surface area contributed by atoms with Crippen LogP contribution in [0.1, 0.15) is 0 Å². The van der Waals surface area contributed by atoms with E-state index in [0.717, 1.165) is 16.5 Å². The molecule has 4 aromatic rings. The van der Waals surface area contributed by atoms with E-state index >= 15 is 0 Å². The Morgan fingerprint density at radius 3 is 2.68 bits per heavy atom. The lowest BCUT2D eigenvalue weighted by Crippen LogP contribution is -2.06. The lowest BCUT2D eigenvalue weighted by molar-refractivity contribution is 0.442. The van der Waals surface area contributed by atoms with Crippen LogP contribution in [0.3, 0.4) is 0 Å². The number of H-pyrrole nitrogens is 2. The van der Waals surface area contributed by atoms with Crippen molar-refractivity contribution < 1.29 is 9.13 Å². The molecule has 0 fully saturated rings. The van der Waals surface area contributed by atoms with Crippen LogP contribution < -0.4 is 10.3 Å². The van der Waals surface area contributed by atoms with Crippen molar-refractivity contribution in [1.29, 1.82) is 0 Å². The number of ether oxygens (including phenoxy) is 1. The normalized spacial score (nSPS) is 11.0. The smallest absolute Gasteiger partial charge is 0.288 e. The molecule has 0 atom stereocenters. The first-order valence-electron chi connectivity index (χ1n) is 7.40. The summed E-state index contributed by atoms with van der Waals surface area (Å²) in [7, 11) is 0. The standard InChI is InChI=1S/C18H11ClFN3O2/c19-14-2-1-3-15(20)17(14)25-11-6-4-10(5-7-11)12-8-21-16-13(12)9-22-23-18(16)24/h1-9,21H,(H,23,24). The topological polar surface area (TPSA) is 70.8 Å². The number of halogens is 2. The van der Waals surface area contributed by atoms with E-state index in [9.17, 15) is 9.18 Å². The van der Waals surface area contributed by atoms with Gasteiger partial charge in [-0.15, -0.1) is 0 Å². The van der Waals surface area contributed by atoms with Crippen LogP contribution in [-0.4, -0.2) is 15.2 Å². The van der Waals surface area contributed by atoms with Gasteiger partial charge in [-0.25, -0.2) is 9.49 Å². The number of para-hydroxylation sites is 1. The summed E-state index contributed by atoms with van der Waals surface area (Å²) in [6, 6.07) is 11.4. The highest BCUT2D eigenvalue weighted by molar-refractivity contribution is 6.32. The van der Waals surface area contributed by atoms with E-state index in [1.807, 2.05) is 12.1 Å². The van der Waals surface area contributed by atoms with Crippen LogP contribution in [0.4, 0.5) is 4.39 Å². The molecule has 2 aromatic carbocycles. The zero-order valence-electron chi connectivity index (χ0n) is 12.7. The molecule has 0 unspecified atom stereocenters. The highest BCUT2D eigenvalue weighted by Gasteiger charge is 2.11. The first kappa shape index (κ1) is 15.4. The second-order valence-corrected chi connectivity index (χ2v) is 5.77. The second-order valence-electron chi connectivity index (χ2n) is 5.37. The van der Waals surface area contributed by atoms with Crippen LogP contribution in [0.2, 0.25) is 5.02 Å². The number of aromatic nitrogens is 3. The second kappa shape index (κ2) is 6.07. The highest BCUT2D eigenvalue weighted by Crippen LogP contribution is 2.33. The summed E-state index contributed by atoms with van der Waals surface area (Å²) in [5, 5.41) is 7.12. The molecule has 0 aliphatic rings. The number of hydrogen-bond acceptors (Lipinski definition) is 3. The number of aromatic amines is 2. The van der Waals surface area contributed by atoms with E-state index < -0.39 is 5.82 Å². The minimum Gasteiger partial charge on any atom is -0.453 e. The van der Waals surface area contributed by atoms with Crippen molar-refractivity contribution in [2.45, 2.75) is 0 Å². The molecule has 0 saturated carbocycles. The fourth-order valence-electron chi connectivity index (χ4n) is 2.61. The molecule has 0 aliphatic heterocycles. The molecule has 5 nitrogen and oxygen atoms in total. The lowest BCUT2D eigenvalue weighted by Gasteiger charge is -2.09. The molecular weight excluding hydrogens is 345 g/mol. The van der Waals surface area contributed by atoms with E-state index in [1.54, 1.807) is 30.6 Å². The minimum absolute atomic E-state index is 0.0141. The molecule has 0 saturated heterocycles. The number of fused-ring (bicyclic) bond motifs is 1. The molecule has 0 bridgehead atoms. The maximum Gasteiger partial charge on any atom is 0.288 e. The van der Waals surface area contributed by atoms with Crippen LogP contribution in [0.5, 0.6) is 11.5 Å². The van der Waals surface area contributed by atoms with Crippen molar-refractivity contribution in [3.63, 3.8) is 0 Å². The van der Waals surface area contributed by atoms with Crippen LogP contribution in [0, 0.1) is 5.82 Å². The Morgan fingerprint density at radius 2 is 1.92 bits per heavy atom. The molecule has 0 amide bonds. The summed E-state index contributed by atoms with van der Waals surface area (Å²) in [6.45, 7) is 0. The number of rotatable bonds is 3.